The number of amides is 1. The lowest BCUT2D eigenvalue weighted by atomic mass is 10.1. The zero-order valence-corrected chi connectivity index (χ0v) is 12.2. The lowest BCUT2D eigenvalue weighted by molar-refractivity contribution is 0.0785. The summed E-state index contributed by atoms with van der Waals surface area (Å²) < 4.78 is 12.8. The molecule has 0 atom stereocenters. The molecule has 5 heteroatoms. The van der Waals surface area contributed by atoms with Crippen LogP contribution < -0.4 is 0 Å². The summed E-state index contributed by atoms with van der Waals surface area (Å²) in [6, 6.07) is 10.6. The molecule has 0 aliphatic carbocycles. The number of hydrogen-bond donors (Lipinski definition) is 0. The molecule has 0 radical (unpaired) electrons. The number of benzene rings is 2. The Morgan fingerprint density at radius 2 is 1.80 bits per heavy atom. The second kappa shape index (κ2) is 6.25. The van der Waals surface area contributed by atoms with Gasteiger partial charge in [0.25, 0.3) is 5.91 Å². The van der Waals surface area contributed by atoms with Gasteiger partial charge in [0, 0.05) is 29.2 Å². The first-order valence-corrected chi connectivity index (χ1v) is 6.68. The Balaban J connectivity index is 2.13. The molecular weight excluding hydrogens is 300 g/mol. The van der Waals surface area contributed by atoms with Crippen molar-refractivity contribution >= 4 is 29.1 Å². The lowest BCUT2D eigenvalue weighted by Crippen LogP contribution is -2.26. The van der Waals surface area contributed by atoms with Gasteiger partial charge in [-0.25, -0.2) is 4.39 Å². The SMILES string of the molecule is CN(Cc1ccc(Cl)cc1Cl)C(=O)c1ccc(F)cc1. The highest BCUT2D eigenvalue weighted by Gasteiger charge is 2.13. The van der Waals surface area contributed by atoms with E-state index in [1.165, 1.54) is 29.2 Å². The maximum Gasteiger partial charge on any atom is 0.253 e. The Bertz CT molecular complexity index is 628. The van der Waals surface area contributed by atoms with E-state index in [2.05, 4.69) is 0 Å². The van der Waals surface area contributed by atoms with Crippen LogP contribution in [0.3, 0.4) is 0 Å². The molecule has 0 aromatic heterocycles. The average Bonchev–Trinajstić information content (AvgIpc) is 2.42. The molecule has 0 N–H and O–H groups in total. The van der Waals surface area contributed by atoms with E-state index >= 15 is 0 Å². The highest BCUT2D eigenvalue weighted by Crippen LogP contribution is 2.22. The van der Waals surface area contributed by atoms with Gasteiger partial charge in [0.1, 0.15) is 5.82 Å². The summed E-state index contributed by atoms with van der Waals surface area (Å²) in [4.78, 5) is 13.7. The van der Waals surface area contributed by atoms with Crippen molar-refractivity contribution in [3.8, 4) is 0 Å². The molecule has 104 valence electrons. The minimum absolute atomic E-state index is 0.198. The largest absolute Gasteiger partial charge is 0.337 e. The predicted octanol–water partition coefficient (Wildman–Crippen LogP) is 4.40. The van der Waals surface area contributed by atoms with Crippen LogP contribution in [0.2, 0.25) is 10.0 Å². The summed E-state index contributed by atoms with van der Waals surface area (Å²) in [7, 11) is 1.66. The van der Waals surface area contributed by atoms with Crippen molar-refractivity contribution in [2.75, 3.05) is 7.05 Å². The first kappa shape index (κ1) is 14.8. The molecule has 20 heavy (non-hydrogen) atoms. The van der Waals surface area contributed by atoms with E-state index < -0.39 is 0 Å². The maximum absolute atomic E-state index is 12.8. The Morgan fingerprint density at radius 1 is 1.15 bits per heavy atom. The maximum atomic E-state index is 12.8. The lowest BCUT2D eigenvalue weighted by Gasteiger charge is -2.18. The van der Waals surface area contributed by atoms with Gasteiger partial charge in [0.15, 0.2) is 0 Å². The fraction of sp³-hybridized carbons (Fsp3) is 0.133. The van der Waals surface area contributed by atoms with Gasteiger partial charge in [-0.3, -0.25) is 4.79 Å². The zero-order valence-electron chi connectivity index (χ0n) is 10.7. The van der Waals surface area contributed by atoms with Crippen molar-refractivity contribution in [1.29, 1.82) is 0 Å². The quantitative estimate of drug-likeness (QED) is 0.822. The van der Waals surface area contributed by atoms with Crippen LogP contribution in [-0.4, -0.2) is 17.9 Å². The summed E-state index contributed by atoms with van der Waals surface area (Å²) >= 11 is 11.9. The van der Waals surface area contributed by atoms with E-state index in [4.69, 9.17) is 23.2 Å². The van der Waals surface area contributed by atoms with Crippen molar-refractivity contribution in [1.82, 2.24) is 4.90 Å². The van der Waals surface area contributed by atoms with Crippen LogP contribution in [-0.2, 0) is 6.54 Å². The molecule has 0 bridgehead atoms. The topological polar surface area (TPSA) is 20.3 Å². The van der Waals surface area contributed by atoms with Crippen molar-refractivity contribution in [3.05, 3.63) is 69.5 Å². The summed E-state index contributed by atoms with van der Waals surface area (Å²) in [5.41, 5.74) is 1.23. The molecule has 0 fully saturated rings. The predicted molar refractivity (Wildman–Crippen MR) is 78.7 cm³/mol. The summed E-state index contributed by atoms with van der Waals surface area (Å²) in [5.74, 6) is -0.569. The molecule has 0 unspecified atom stereocenters. The molecule has 0 aliphatic rings. The molecular formula is C15H12Cl2FNO. The molecule has 1 amide bonds. The molecule has 2 nitrogen and oxygen atoms in total. The Hall–Kier alpha value is -1.58. The van der Waals surface area contributed by atoms with Gasteiger partial charge < -0.3 is 4.90 Å². The highest BCUT2D eigenvalue weighted by atomic mass is 35.5. The molecule has 0 aliphatic heterocycles. The van der Waals surface area contributed by atoms with Crippen molar-refractivity contribution in [2.24, 2.45) is 0 Å². The monoisotopic (exact) mass is 311 g/mol. The van der Waals surface area contributed by atoms with Crippen LogP contribution in [0.25, 0.3) is 0 Å². The third-order valence-electron chi connectivity index (χ3n) is 2.86. The minimum atomic E-state index is -0.370. The van der Waals surface area contributed by atoms with Gasteiger partial charge in [-0.05, 0) is 42.0 Å². The molecule has 0 spiro atoms. The number of rotatable bonds is 3. The second-order valence-corrected chi connectivity index (χ2v) is 5.25. The van der Waals surface area contributed by atoms with Gasteiger partial charge >= 0.3 is 0 Å². The normalized spacial score (nSPS) is 10.4. The summed E-state index contributed by atoms with van der Waals surface area (Å²) in [6.45, 7) is 0.353. The van der Waals surface area contributed by atoms with Gasteiger partial charge in [-0.2, -0.15) is 0 Å². The van der Waals surface area contributed by atoms with E-state index in [9.17, 15) is 9.18 Å². The number of nitrogens with zero attached hydrogens (tertiary/aromatic N) is 1. The number of carbonyl (C=O) groups excluding carboxylic acids is 1. The molecule has 2 rings (SSSR count). The van der Waals surface area contributed by atoms with Crippen LogP contribution in [0.5, 0.6) is 0 Å². The molecule has 2 aromatic rings. The molecule has 2 aromatic carbocycles. The van der Waals surface area contributed by atoms with Gasteiger partial charge in [0.2, 0.25) is 0 Å². The van der Waals surface area contributed by atoms with Gasteiger partial charge in [-0.1, -0.05) is 29.3 Å². The van der Waals surface area contributed by atoms with Crippen LogP contribution in [0.4, 0.5) is 4.39 Å². The molecule has 0 heterocycles. The van der Waals surface area contributed by atoms with Crippen LogP contribution in [0, 0.1) is 5.82 Å². The van der Waals surface area contributed by atoms with Gasteiger partial charge in [0.05, 0.1) is 0 Å². The third-order valence-corrected chi connectivity index (χ3v) is 3.45. The first-order chi connectivity index (χ1) is 9.47. The Kier molecular flexibility index (Phi) is 4.63. The number of halogens is 3. The fourth-order valence-electron chi connectivity index (χ4n) is 1.79. The van der Waals surface area contributed by atoms with E-state index in [1.54, 1.807) is 25.2 Å². The zero-order chi connectivity index (χ0) is 14.7. The Labute approximate surface area is 126 Å². The Morgan fingerprint density at radius 3 is 2.40 bits per heavy atom. The summed E-state index contributed by atoms with van der Waals surface area (Å²) in [5, 5.41) is 1.06. The van der Waals surface area contributed by atoms with E-state index in [-0.39, 0.29) is 11.7 Å². The first-order valence-electron chi connectivity index (χ1n) is 5.92. The number of hydrogen-bond acceptors (Lipinski definition) is 1. The van der Waals surface area contributed by atoms with E-state index in [0.717, 1.165) is 5.56 Å². The van der Waals surface area contributed by atoms with Crippen molar-refractivity contribution in [3.63, 3.8) is 0 Å². The minimum Gasteiger partial charge on any atom is -0.337 e. The van der Waals surface area contributed by atoms with Crippen LogP contribution in [0.1, 0.15) is 15.9 Å². The third kappa shape index (κ3) is 3.50. The van der Waals surface area contributed by atoms with Crippen LogP contribution in [0.15, 0.2) is 42.5 Å². The molecule has 0 saturated heterocycles. The smallest absolute Gasteiger partial charge is 0.253 e. The van der Waals surface area contributed by atoms with E-state index in [1.807, 2.05) is 0 Å². The van der Waals surface area contributed by atoms with E-state index in [0.29, 0.717) is 22.2 Å². The van der Waals surface area contributed by atoms with Crippen molar-refractivity contribution < 1.29 is 9.18 Å². The number of carbonyl (C=O) groups is 1. The summed E-state index contributed by atoms with van der Waals surface area (Å²) in [6.07, 6.45) is 0. The van der Waals surface area contributed by atoms with Crippen LogP contribution >= 0.6 is 23.2 Å². The second-order valence-electron chi connectivity index (χ2n) is 4.40. The van der Waals surface area contributed by atoms with Crippen molar-refractivity contribution in [2.45, 2.75) is 6.54 Å². The van der Waals surface area contributed by atoms with Gasteiger partial charge in [-0.15, -0.1) is 0 Å². The average molecular weight is 312 g/mol. The fourth-order valence-corrected chi connectivity index (χ4v) is 2.26. The molecule has 0 saturated carbocycles. The highest BCUT2D eigenvalue weighted by molar-refractivity contribution is 6.35. The standard InChI is InChI=1S/C15H12Cl2FNO/c1-19(9-11-2-5-12(16)8-14(11)17)15(20)10-3-6-13(18)7-4-10/h2-8H,9H2,1H3.